The summed E-state index contributed by atoms with van der Waals surface area (Å²) in [5.41, 5.74) is 0.980. The topological polar surface area (TPSA) is 104 Å². The SMILES string of the molecule is CCn1c(Cc2ccncc2)nnc1S(N)(=O)=O. The van der Waals surface area contributed by atoms with E-state index in [2.05, 4.69) is 15.2 Å². The number of primary sulfonamides is 1. The third-order valence-corrected chi connectivity index (χ3v) is 3.29. The van der Waals surface area contributed by atoms with Gasteiger partial charge in [0.05, 0.1) is 0 Å². The minimum Gasteiger partial charge on any atom is -0.301 e. The molecule has 2 N–H and O–H groups in total. The van der Waals surface area contributed by atoms with E-state index in [0.717, 1.165) is 5.56 Å². The zero-order chi connectivity index (χ0) is 13.2. The molecule has 0 spiro atoms. The molecule has 7 nitrogen and oxygen atoms in total. The Morgan fingerprint density at radius 2 is 1.94 bits per heavy atom. The molecule has 96 valence electrons. The van der Waals surface area contributed by atoms with Gasteiger partial charge in [-0.25, -0.2) is 13.6 Å². The van der Waals surface area contributed by atoms with Crippen LogP contribution in [0.15, 0.2) is 29.7 Å². The molecule has 0 bridgehead atoms. The van der Waals surface area contributed by atoms with E-state index in [-0.39, 0.29) is 5.16 Å². The van der Waals surface area contributed by atoms with Gasteiger partial charge in [-0.05, 0) is 24.6 Å². The van der Waals surface area contributed by atoms with E-state index in [1.165, 1.54) is 4.57 Å². The molecule has 2 aromatic rings. The van der Waals surface area contributed by atoms with Crippen molar-refractivity contribution in [3.8, 4) is 0 Å². The van der Waals surface area contributed by atoms with Gasteiger partial charge in [-0.15, -0.1) is 10.2 Å². The van der Waals surface area contributed by atoms with Crippen molar-refractivity contribution in [2.75, 3.05) is 0 Å². The molecule has 0 fully saturated rings. The highest BCUT2D eigenvalue weighted by atomic mass is 32.2. The summed E-state index contributed by atoms with van der Waals surface area (Å²) in [6, 6.07) is 3.68. The molecule has 0 saturated carbocycles. The molecule has 0 atom stereocenters. The minimum absolute atomic E-state index is 0.200. The van der Waals surface area contributed by atoms with Gasteiger partial charge in [-0.2, -0.15) is 0 Å². The van der Waals surface area contributed by atoms with Gasteiger partial charge >= 0.3 is 0 Å². The predicted octanol–water partition coefficient (Wildman–Crippen LogP) is -0.0688. The van der Waals surface area contributed by atoms with Gasteiger partial charge in [-0.1, -0.05) is 0 Å². The van der Waals surface area contributed by atoms with E-state index in [4.69, 9.17) is 5.14 Å². The van der Waals surface area contributed by atoms with Gasteiger partial charge in [0.15, 0.2) is 0 Å². The monoisotopic (exact) mass is 267 g/mol. The van der Waals surface area contributed by atoms with E-state index in [9.17, 15) is 8.42 Å². The van der Waals surface area contributed by atoms with Crippen molar-refractivity contribution in [1.82, 2.24) is 19.7 Å². The van der Waals surface area contributed by atoms with E-state index in [0.29, 0.717) is 18.8 Å². The van der Waals surface area contributed by atoms with Gasteiger partial charge < -0.3 is 4.57 Å². The van der Waals surface area contributed by atoms with Crippen molar-refractivity contribution >= 4 is 10.0 Å². The Labute approximate surface area is 105 Å². The lowest BCUT2D eigenvalue weighted by molar-refractivity contribution is 0.565. The number of pyridine rings is 1. The van der Waals surface area contributed by atoms with E-state index in [1.54, 1.807) is 12.4 Å². The van der Waals surface area contributed by atoms with Crippen molar-refractivity contribution in [2.24, 2.45) is 5.14 Å². The fourth-order valence-electron chi connectivity index (χ4n) is 1.66. The number of sulfonamides is 1. The lowest BCUT2D eigenvalue weighted by Gasteiger charge is -2.05. The molecule has 0 amide bonds. The van der Waals surface area contributed by atoms with Crippen LogP contribution in [0.5, 0.6) is 0 Å². The number of hydrogen-bond donors (Lipinski definition) is 1. The summed E-state index contributed by atoms with van der Waals surface area (Å²) in [5, 5.41) is 12.4. The summed E-state index contributed by atoms with van der Waals surface area (Å²) in [6.07, 6.45) is 3.82. The molecular weight excluding hydrogens is 254 g/mol. The lowest BCUT2D eigenvalue weighted by Crippen LogP contribution is -2.19. The van der Waals surface area contributed by atoms with Crippen molar-refractivity contribution in [2.45, 2.75) is 25.0 Å². The number of nitrogens with two attached hydrogens (primary N) is 1. The summed E-state index contributed by atoms with van der Waals surface area (Å²) in [7, 11) is -3.84. The number of hydrogen-bond acceptors (Lipinski definition) is 5. The van der Waals surface area contributed by atoms with Crippen LogP contribution in [-0.2, 0) is 23.0 Å². The molecule has 0 aliphatic rings. The first-order valence-electron chi connectivity index (χ1n) is 5.36. The number of nitrogens with zero attached hydrogens (tertiary/aromatic N) is 4. The summed E-state index contributed by atoms with van der Waals surface area (Å²) in [6.45, 7) is 2.26. The first kappa shape index (κ1) is 12.7. The van der Waals surface area contributed by atoms with Gasteiger partial charge in [0.1, 0.15) is 5.82 Å². The second kappa shape index (κ2) is 4.83. The van der Waals surface area contributed by atoms with Gasteiger partial charge in [0.2, 0.25) is 0 Å². The molecule has 0 aromatic carbocycles. The fraction of sp³-hybridized carbons (Fsp3) is 0.300. The van der Waals surface area contributed by atoms with Gasteiger partial charge in [0.25, 0.3) is 15.2 Å². The average Bonchev–Trinajstić information content (AvgIpc) is 2.73. The largest absolute Gasteiger partial charge is 0.301 e. The summed E-state index contributed by atoms with van der Waals surface area (Å²) in [4.78, 5) is 3.92. The molecule has 2 aromatic heterocycles. The molecule has 0 unspecified atom stereocenters. The molecule has 18 heavy (non-hydrogen) atoms. The van der Waals surface area contributed by atoms with Crippen LogP contribution in [0.25, 0.3) is 0 Å². The Bertz CT molecular complexity index is 636. The highest BCUT2D eigenvalue weighted by molar-refractivity contribution is 7.89. The fourth-order valence-corrected chi connectivity index (χ4v) is 2.36. The normalized spacial score (nSPS) is 11.7. The van der Waals surface area contributed by atoms with Crippen LogP contribution in [0.2, 0.25) is 0 Å². The number of aromatic nitrogens is 4. The molecule has 2 rings (SSSR count). The Kier molecular flexibility index (Phi) is 3.39. The number of rotatable bonds is 4. The van der Waals surface area contributed by atoms with Crippen molar-refractivity contribution in [1.29, 1.82) is 0 Å². The quantitative estimate of drug-likeness (QED) is 0.835. The molecular formula is C10H13N5O2S. The van der Waals surface area contributed by atoms with Crippen LogP contribution in [-0.4, -0.2) is 28.2 Å². The third kappa shape index (κ3) is 2.54. The van der Waals surface area contributed by atoms with E-state index in [1.807, 2.05) is 19.1 Å². The van der Waals surface area contributed by atoms with Crippen LogP contribution in [0.4, 0.5) is 0 Å². The van der Waals surface area contributed by atoms with Crippen molar-refractivity contribution in [3.05, 3.63) is 35.9 Å². The second-order valence-electron chi connectivity index (χ2n) is 3.72. The maximum atomic E-state index is 11.3. The summed E-state index contributed by atoms with van der Waals surface area (Å²) >= 11 is 0. The molecule has 0 saturated heterocycles. The van der Waals surface area contributed by atoms with Crippen LogP contribution in [0, 0.1) is 0 Å². The maximum absolute atomic E-state index is 11.3. The molecule has 0 radical (unpaired) electrons. The average molecular weight is 267 g/mol. The highest BCUT2D eigenvalue weighted by Crippen LogP contribution is 2.11. The van der Waals surface area contributed by atoms with Crippen LogP contribution >= 0.6 is 0 Å². The third-order valence-electron chi connectivity index (χ3n) is 2.48. The minimum atomic E-state index is -3.84. The summed E-state index contributed by atoms with van der Waals surface area (Å²) < 4.78 is 24.1. The lowest BCUT2D eigenvalue weighted by atomic mass is 10.2. The Morgan fingerprint density at radius 3 is 2.50 bits per heavy atom. The second-order valence-corrected chi connectivity index (χ2v) is 5.18. The smallest absolute Gasteiger partial charge is 0.273 e. The van der Waals surface area contributed by atoms with Crippen molar-refractivity contribution in [3.63, 3.8) is 0 Å². The zero-order valence-corrected chi connectivity index (χ0v) is 10.6. The standard InChI is InChI=1S/C10H13N5O2S/c1-2-15-9(7-8-3-5-12-6-4-8)13-14-10(15)18(11,16)17/h3-6H,2,7H2,1H3,(H2,11,16,17). The van der Waals surface area contributed by atoms with Crippen molar-refractivity contribution < 1.29 is 8.42 Å². The Morgan fingerprint density at radius 1 is 1.28 bits per heavy atom. The Balaban J connectivity index is 2.39. The molecule has 0 aliphatic heterocycles. The molecule has 2 heterocycles. The van der Waals surface area contributed by atoms with E-state index < -0.39 is 10.0 Å². The Hall–Kier alpha value is -1.80. The summed E-state index contributed by atoms with van der Waals surface area (Å²) in [5.74, 6) is 0.563. The van der Waals surface area contributed by atoms with Gasteiger partial charge in [0, 0.05) is 25.4 Å². The predicted molar refractivity (Wildman–Crippen MR) is 64.1 cm³/mol. The van der Waals surface area contributed by atoms with Crippen LogP contribution in [0.1, 0.15) is 18.3 Å². The van der Waals surface area contributed by atoms with E-state index >= 15 is 0 Å². The first-order valence-corrected chi connectivity index (χ1v) is 6.90. The molecule has 0 aliphatic carbocycles. The van der Waals surface area contributed by atoms with Crippen LogP contribution in [0.3, 0.4) is 0 Å². The maximum Gasteiger partial charge on any atom is 0.273 e. The molecule has 8 heteroatoms. The van der Waals surface area contributed by atoms with Crippen LogP contribution < -0.4 is 5.14 Å². The first-order chi connectivity index (χ1) is 8.52. The highest BCUT2D eigenvalue weighted by Gasteiger charge is 2.19. The van der Waals surface area contributed by atoms with Gasteiger partial charge in [-0.3, -0.25) is 4.98 Å². The zero-order valence-electron chi connectivity index (χ0n) is 9.81.